The van der Waals surface area contributed by atoms with Gasteiger partial charge in [-0.1, -0.05) is 20.8 Å². The maximum atomic E-state index is 10.5. The second-order valence-electron chi connectivity index (χ2n) is 4.03. The highest BCUT2D eigenvalue weighted by molar-refractivity contribution is 5.96. The van der Waals surface area contributed by atoms with Crippen molar-refractivity contribution in [3.63, 3.8) is 0 Å². The largest absolute Gasteiger partial charge is 0.478 e. The topological polar surface area (TPSA) is 104 Å². The molecule has 0 fully saturated rings. The van der Waals surface area contributed by atoms with Crippen LogP contribution in [0.5, 0.6) is 0 Å². The summed E-state index contributed by atoms with van der Waals surface area (Å²) in [5.74, 6) is -2.31. The van der Waals surface area contributed by atoms with Crippen LogP contribution in [0.25, 0.3) is 0 Å². The molecule has 0 atom stereocenters. The highest BCUT2D eigenvalue weighted by Gasteiger charge is 2.10. The summed E-state index contributed by atoms with van der Waals surface area (Å²) in [6.07, 6.45) is 0. The first-order valence-corrected chi connectivity index (χ1v) is 6.45. The number of nitrogen functional groups attached to an aromatic ring is 1. The number of carboxylic acids is 2. The summed E-state index contributed by atoms with van der Waals surface area (Å²) in [6.45, 7) is 10.1. The molecule has 6 heteroatoms. The molecule has 0 spiro atoms. The molecule has 0 aliphatic heterocycles. The van der Waals surface area contributed by atoms with Crippen molar-refractivity contribution in [2.45, 2.75) is 20.8 Å². The van der Waals surface area contributed by atoms with Gasteiger partial charge in [0.2, 0.25) is 0 Å². The average molecular weight is 282 g/mol. The maximum Gasteiger partial charge on any atom is 0.337 e. The zero-order chi connectivity index (χ0) is 15.7. The lowest BCUT2D eigenvalue weighted by molar-refractivity contribution is 0.0682. The molecule has 6 nitrogen and oxygen atoms in total. The van der Waals surface area contributed by atoms with E-state index in [1.165, 1.54) is 31.8 Å². The molecular weight excluding hydrogens is 260 g/mol. The Balaban J connectivity index is 0.000000441. The summed E-state index contributed by atoms with van der Waals surface area (Å²) >= 11 is 0. The third kappa shape index (κ3) is 5.71. The number of aromatic carboxylic acids is 2. The van der Waals surface area contributed by atoms with E-state index in [-0.39, 0.29) is 16.8 Å². The normalized spacial score (nSPS) is 9.80. The maximum absolute atomic E-state index is 10.5. The van der Waals surface area contributed by atoms with Crippen LogP contribution in [0, 0.1) is 0 Å². The van der Waals surface area contributed by atoms with E-state index < -0.39 is 11.9 Å². The molecule has 0 heterocycles. The minimum absolute atomic E-state index is 0.0255. The number of carboxylic acid groups (broad SMARTS) is 2. The number of hydrogen-bond acceptors (Lipinski definition) is 4. The van der Waals surface area contributed by atoms with Crippen LogP contribution >= 0.6 is 0 Å². The Morgan fingerprint density at radius 3 is 1.80 bits per heavy atom. The molecule has 0 bridgehead atoms. The molecule has 0 aliphatic rings. The van der Waals surface area contributed by atoms with E-state index in [9.17, 15) is 9.59 Å². The van der Waals surface area contributed by atoms with Crippen LogP contribution in [0.3, 0.4) is 0 Å². The zero-order valence-corrected chi connectivity index (χ0v) is 12.1. The fourth-order valence-corrected chi connectivity index (χ4v) is 1.56. The van der Waals surface area contributed by atoms with Crippen molar-refractivity contribution in [2.24, 2.45) is 0 Å². The summed E-state index contributed by atoms with van der Waals surface area (Å²) in [6, 6.07) is 3.48. The van der Waals surface area contributed by atoms with Gasteiger partial charge in [-0.05, 0) is 37.8 Å². The molecule has 112 valence electrons. The van der Waals surface area contributed by atoms with Gasteiger partial charge in [0.25, 0.3) is 0 Å². The number of carbonyl (C=O) groups is 2. The van der Waals surface area contributed by atoms with Gasteiger partial charge in [0.05, 0.1) is 11.1 Å². The number of nitrogens with zero attached hydrogens (tertiary/aromatic N) is 1. The molecule has 4 N–H and O–H groups in total. The van der Waals surface area contributed by atoms with Crippen LogP contribution in [0.4, 0.5) is 5.69 Å². The molecule has 0 radical (unpaired) electrons. The van der Waals surface area contributed by atoms with E-state index in [1.807, 2.05) is 0 Å². The quantitative estimate of drug-likeness (QED) is 0.714. The van der Waals surface area contributed by atoms with Crippen LogP contribution in [-0.2, 0) is 0 Å². The Kier molecular flexibility index (Phi) is 8.00. The summed E-state index contributed by atoms with van der Waals surface area (Å²) in [5.41, 5.74) is 5.15. The highest BCUT2D eigenvalue weighted by Crippen LogP contribution is 2.14. The Bertz CT molecular complexity index is 451. The summed E-state index contributed by atoms with van der Waals surface area (Å²) in [4.78, 5) is 23.3. The number of rotatable bonds is 5. The lowest BCUT2D eigenvalue weighted by atomic mass is 10.1. The SMILES string of the molecule is CCN(CC)CC.Nc1cc(C(=O)O)ccc1C(=O)O. The van der Waals surface area contributed by atoms with Gasteiger partial charge in [-0.2, -0.15) is 0 Å². The molecule has 0 aliphatic carbocycles. The Morgan fingerprint density at radius 2 is 1.55 bits per heavy atom. The second kappa shape index (κ2) is 8.92. The van der Waals surface area contributed by atoms with Crippen LogP contribution in [0.15, 0.2) is 18.2 Å². The van der Waals surface area contributed by atoms with Gasteiger partial charge in [0, 0.05) is 5.69 Å². The Morgan fingerprint density at radius 1 is 1.05 bits per heavy atom. The van der Waals surface area contributed by atoms with E-state index in [0.29, 0.717) is 0 Å². The van der Waals surface area contributed by atoms with Crippen molar-refractivity contribution >= 4 is 17.6 Å². The van der Waals surface area contributed by atoms with Gasteiger partial charge < -0.3 is 20.8 Å². The standard InChI is InChI=1S/C8H7NO4.C6H15N/c9-6-3-4(7(10)11)1-2-5(6)8(12)13;1-4-7(5-2)6-3/h1-3H,9H2,(H,10,11)(H,12,13);4-6H2,1-3H3. The fraction of sp³-hybridized carbons (Fsp3) is 0.429. The number of benzene rings is 1. The van der Waals surface area contributed by atoms with Gasteiger partial charge >= 0.3 is 11.9 Å². The molecule has 1 aromatic rings. The van der Waals surface area contributed by atoms with Crippen molar-refractivity contribution in [1.29, 1.82) is 0 Å². The molecule has 0 aromatic heterocycles. The smallest absolute Gasteiger partial charge is 0.337 e. The minimum Gasteiger partial charge on any atom is -0.478 e. The number of hydrogen-bond donors (Lipinski definition) is 3. The summed E-state index contributed by atoms with van der Waals surface area (Å²) in [7, 11) is 0. The summed E-state index contributed by atoms with van der Waals surface area (Å²) < 4.78 is 0. The Hall–Kier alpha value is -2.08. The zero-order valence-electron chi connectivity index (χ0n) is 12.1. The average Bonchev–Trinajstić information content (AvgIpc) is 2.40. The lowest BCUT2D eigenvalue weighted by Gasteiger charge is -2.13. The molecule has 0 saturated carbocycles. The first kappa shape index (κ1) is 17.9. The predicted molar refractivity (Wildman–Crippen MR) is 78.2 cm³/mol. The molecule has 1 aromatic carbocycles. The molecule has 0 saturated heterocycles. The fourth-order valence-electron chi connectivity index (χ4n) is 1.56. The molecule has 0 unspecified atom stereocenters. The van der Waals surface area contributed by atoms with Crippen LogP contribution < -0.4 is 5.73 Å². The Labute approximate surface area is 118 Å². The number of anilines is 1. The van der Waals surface area contributed by atoms with Gasteiger partial charge in [-0.25, -0.2) is 9.59 Å². The first-order chi connectivity index (χ1) is 9.37. The molecule has 1 rings (SSSR count). The molecule has 0 amide bonds. The monoisotopic (exact) mass is 282 g/mol. The predicted octanol–water partition coefficient (Wildman–Crippen LogP) is 2.01. The van der Waals surface area contributed by atoms with Crippen molar-refractivity contribution in [2.75, 3.05) is 25.4 Å². The van der Waals surface area contributed by atoms with Crippen LogP contribution in [0.1, 0.15) is 41.5 Å². The molecule has 20 heavy (non-hydrogen) atoms. The van der Waals surface area contributed by atoms with E-state index in [2.05, 4.69) is 25.7 Å². The van der Waals surface area contributed by atoms with Crippen molar-refractivity contribution in [1.82, 2.24) is 4.90 Å². The van der Waals surface area contributed by atoms with E-state index in [1.54, 1.807) is 0 Å². The van der Waals surface area contributed by atoms with Crippen molar-refractivity contribution in [3.05, 3.63) is 29.3 Å². The third-order valence-corrected chi connectivity index (χ3v) is 2.87. The number of nitrogens with two attached hydrogens (primary N) is 1. The van der Waals surface area contributed by atoms with Gasteiger partial charge in [-0.15, -0.1) is 0 Å². The highest BCUT2D eigenvalue weighted by atomic mass is 16.4. The van der Waals surface area contributed by atoms with E-state index in [4.69, 9.17) is 15.9 Å². The van der Waals surface area contributed by atoms with Crippen LogP contribution in [0.2, 0.25) is 0 Å². The molecular formula is C14H22N2O4. The van der Waals surface area contributed by atoms with Crippen molar-refractivity contribution < 1.29 is 19.8 Å². The second-order valence-corrected chi connectivity index (χ2v) is 4.03. The van der Waals surface area contributed by atoms with Crippen LogP contribution in [-0.4, -0.2) is 46.7 Å². The lowest BCUT2D eigenvalue weighted by Crippen LogP contribution is -2.21. The third-order valence-electron chi connectivity index (χ3n) is 2.87. The summed E-state index contributed by atoms with van der Waals surface area (Å²) in [5, 5.41) is 17.1. The van der Waals surface area contributed by atoms with Gasteiger partial charge in [0.15, 0.2) is 0 Å². The van der Waals surface area contributed by atoms with Crippen molar-refractivity contribution in [3.8, 4) is 0 Å². The minimum atomic E-state index is -1.17. The first-order valence-electron chi connectivity index (χ1n) is 6.45. The van der Waals surface area contributed by atoms with E-state index in [0.717, 1.165) is 6.07 Å². The van der Waals surface area contributed by atoms with Gasteiger partial charge in [-0.3, -0.25) is 0 Å². The van der Waals surface area contributed by atoms with E-state index >= 15 is 0 Å². The van der Waals surface area contributed by atoms with Gasteiger partial charge in [0.1, 0.15) is 0 Å².